The molecular formula is C15H18N2O3. The lowest BCUT2D eigenvalue weighted by molar-refractivity contribution is -0.142. The van der Waals surface area contributed by atoms with Crippen LogP contribution >= 0.6 is 0 Å². The molecule has 1 amide bonds. The average Bonchev–Trinajstić information content (AvgIpc) is 2.39. The predicted molar refractivity (Wildman–Crippen MR) is 77.2 cm³/mol. The van der Waals surface area contributed by atoms with Gasteiger partial charge in [-0.15, -0.1) is 12.3 Å². The van der Waals surface area contributed by atoms with Crippen molar-refractivity contribution in [3.63, 3.8) is 0 Å². The van der Waals surface area contributed by atoms with Crippen molar-refractivity contribution in [2.45, 2.75) is 31.7 Å². The highest BCUT2D eigenvalue weighted by molar-refractivity contribution is 5.95. The van der Waals surface area contributed by atoms with Crippen LogP contribution < -0.4 is 11.1 Å². The van der Waals surface area contributed by atoms with E-state index in [0.717, 1.165) is 0 Å². The first-order chi connectivity index (χ1) is 9.28. The maximum absolute atomic E-state index is 11.7. The number of anilines is 1. The Bertz CT molecular complexity index is 541. The molecule has 5 heteroatoms. The standard InChI is InChI=1S/C15H18N2O3/c1-4-5-12(16)13(18)17-11-8-6-10(7-9-11)15(2,3)14(19)20/h1,6-9,12H,5,16H2,2-3H3,(H,17,18)(H,19,20). The zero-order valence-electron chi connectivity index (χ0n) is 11.5. The summed E-state index contributed by atoms with van der Waals surface area (Å²) in [5, 5.41) is 11.8. The molecule has 1 aromatic rings. The Kier molecular flexibility index (Phi) is 4.89. The molecule has 0 heterocycles. The maximum Gasteiger partial charge on any atom is 0.313 e. The zero-order valence-corrected chi connectivity index (χ0v) is 11.5. The first-order valence-corrected chi connectivity index (χ1v) is 6.13. The number of aliphatic carboxylic acids is 1. The first-order valence-electron chi connectivity index (χ1n) is 6.13. The van der Waals surface area contributed by atoms with Crippen molar-refractivity contribution in [1.82, 2.24) is 0 Å². The van der Waals surface area contributed by atoms with Gasteiger partial charge in [-0.1, -0.05) is 12.1 Å². The van der Waals surface area contributed by atoms with Crippen LogP contribution in [0.1, 0.15) is 25.8 Å². The average molecular weight is 274 g/mol. The van der Waals surface area contributed by atoms with Crippen molar-refractivity contribution in [3.05, 3.63) is 29.8 Å². The number of nitrogens with two attached hydrogens (primary N) is 1. The number of hydrogen-bond acceptors (Lipinski definition) is 3. The fourth-order valence-corrected chi connectivity index (χ4v) is 1.55. The molecule has 1 atom stereocenters. The van der Waals surface area contributed by atoms with Gasteiger partial charge in [-0.05, 0) is 31.5 Å². The largest absolute Gasteiger partial charge is 0.481 e. The summed E-state index contributed by atoms with van der Waals surface area (Å²) >= 11 is 0. The zero-order chi connectivity index (χ0) is 15.3. The van der Waals surface area contributed by atoms with Gasteiger partial charge in [0.2, 0.25) is 5.91 Å². The summed E-state index contributed by atoms with van der Waals surface area (Å²) < 4.78 is 0. The van der Waals surface area contributed by atoms with Gasteiger partial charge in [0.25, 0.3) is 0 Å². The van der Waals surface area contributed by atoms with Crippen LogP contribution in [0.2, 0.25) is 0 Å². The number of benzene rings is 1. The third kappa shape index (κ3) is 3.59. The number of carbonyl (C=O) groups is 2. The van der Waals surface area contributed by atoms with Crippen molar-refractivity contribution >= 4 is 17.6 Å². The fourth-order valence-electron chi connectivity index (χ4n) is 1.55. The SMILES string of the molecule is C#CCC(N)C(=O)Nc1ccc(C(C)(C)C(=O)O)cc1. The summed E-state index contributed by atoms with van der Waals surface area (Å²) in [4.78, 5) is 22.8. The number of carboxylic acid groups (broad SMARTS) is 1. The number of terminal acetylenes is 1. The monoisotopic (exact) mass is 274 g/mol. The summed E-state index contributed by atoms with van der Waals surface area (Å²) in [5.41, 5.74) is 5.80. The summed E-state index contributed by atoms with van der Waals surface area (Å²) in [6.45, 7) is 3.23. The minimum Gasteiger partial charge on any atom is -0.481 e. The van der Waals surface area contributed by atoms with Gasteiger partial charge < -0.3 is 16.2 Å². The van der Waals surface area contributed by atoms with Gasteiger partial charge in [0.05, 0.1) is 11.5 Å². The predicted octanol–water partition coefficient (Wildman–Crippen LogP) is 1.34. The molecule has 0 aromatic heterocycles. The van der Waals surface area contributed by atoms with Crippen molar-refractivity contribution in [1.29, 1.82) is 0 Å². The lowest BCUT2D eigenvalue weighted by Gasteiger charge is -2.20. The maximum atomic E-state index is 11.7. The molecular weight excluding hydrogens is 256 g/mol. The molecule has 4 N–H and O–H groups in total. The second-order valence-corrected chi connectivity index (χ2v) is 5.01. The van der Waals surface area contributed by atoms with Crippen LogP contribution in [0.25, 0.3) is 0 Å². The van der Waals surface area contributed by atoms with Crippen LogP contribution in [-0.2, 0) is 15.0 Å². The highest BCUT2D eigenvalue weighted by Gasteiger charge is 2.29. The molecule has 1 unspecified atom stereocenters. The number of carboxylic acids is 1. The van der Waals surface area contributed by atoms with Crippen molar-refractivity contribution < 1.29 is 14.7 Å². The number of rotatable bonds is 5. The lowest BCUT2D eigenvalue weighted by atomic mass is 9.85. The Morgan fingerprint density at radius 1 is 1.40 bits per heavy atom. The highest BCUT2D eigenvalue weighted by atomic mass is 16.4. The molecule has 0 fully saturated rings. The van der Waals surface area contributed by atoms with Crippen LogP contribution in [0.3, 0.4) is 0 Å². The van der Waals surface area contributed by atoms with Gasteiger partial charge in [-0.25, -0.2) is 0 Å². The number of amides is 1. The minimum absolute atomic E-state index is 0.163. The molecule has 0 saturated heterocycles. The second-order valence-electron chi connectivity index (χ2n) is 5.01. The molecule has 5 nitrogen and oxygen atoms in total. The van der Waals surface area contributed by atoms with Crippen molar-refractivity contribution in [2.75, 3.05) is 5.32 Å². The summed E-state index contributed by atoms with van der Waals surface area (Å²) in [5.74, 6) is 1.05. The number of carbonyl (C=O) groups excluding carboxylic acids is 1. The van der Waals surface area contributed by atoms with E-state index in [0.29, 0.717) is 11.3 Å². The smallest absolute Gasteiger partial charge is 0.313 e. The molecule has 1 rings (SSSR count). The molecule has 20 heavy (non-hydrogen) atoms. The normalized spacial score (nSPS) is 12.3. The molecule has 0 saturated carbocycles. The van der Waals surface area contributed by atoms with E-state index in [1.165, 1.54) is 0 Å². The third-order valence-corrected chi connectivity index (χ3v) is 3.08. The van der Waals surface area contributed by atoms with Crippen molar-refractivity contribution in [2.24, 2.45) is 5.73 Å². The van der Waals surface area contributed by atoms with Crippen molar-refractivity contribution in [3.8, 4) is 12.3 Å². The topological polar surface area (TPSA) is 92.4 Å². The molecule has 0 bridgehead atoms. The van der Waals surface area contributed by atoms with Gasteiger partial charge in [0.1, 0.15) is 0 Å². The van der Waals surface area contributed by atoms with E-state index in [2.05, 4.69) is 11.2 Å². The van der Waals surface area contributed by atoms with Crippen LogP contribution in [0.5, 0.6) is 0 Å². The van der Waals surface area contributed by atoms with Gasteiger partial charge in [-0.3, -0.25) is 9.59 Å². The Hall–Kier alpha value is -2.32. The molecule has 1 aromatic carbocycles. The Balaban J connectivity index is 2.81. The highest BCUT2D eigenvalue weighted by Crippen LogP contribution is 2.24. The number of hydrogen-bond donors (Lipinski definition) is 3. The number of nitrogens with one attached hydrogen (secondary N) is 1. The van der Waals surface area contributed by atoms with Gasteiger partial charge in [0, 0.05) is 12.1 Å². The Morgan fingerprint density at radius 2 is 1.95 bits per heavy atom. The quantitative estimate of drug-likeness (QED) is 0.706. The summed E-state index contributed by atoms with van der Waals surface area (Å²) in [6.07, 6.45) is 5.25. The third-order valence-electron chi connectivity index (χ3n) is 3.08. The molecule has 0 spiro atoms. The van der Waals surface area contributed by atoms with Crippen LogP contribution in [0, 0.1) is 12.3 Å². The van der Waals surface area contributed by atoms with Gasteiger partial charge in [0.15, 0.2) is 0 Å². The molecule has 0 radical (unpaired) electrons. The van der Waals surface area contributed by atoms with E-state index >= 15 is 0 Å². The van der Waals surface area contributed by atoms with Crippen LogP contribution in [0.15, 0.2) is 24.3 Å². The van der Waals surface area contributed by atoms with E-state index < -0.39 is 17.4 Å². The second kappa shape index (κ2) is 6.22. The van der Waals surface area contributed by atoms with Crippen LogP contribution in [0.4, 0.5) is 5.69 Å². The van der Waals surface area contributed by atoms with E-state index in [1.54, 1.807) is 38.1 Å². The molecule has 106 valence electrons. The molecule has 0 aliphatic rings. The lowest BCUT2D eigenvalue weighted by Crippen LogP contribution is -2.35. The van der Waals surface area contributed by atoms with E-state index in [4.69, 9.17) is 17.3 Å². The van der Waals surface area contributed by atoms with E-state index in [9.17, 15) is 9.59 Å². The minimum atomic E-state index is -0.984. The van der Waals surface area contributed by atoms with Gasteiger partial charge in [-0.2, -0.15) is 0 Å². The molecule has 0 aliphatic carbocycles. The molecule has 0 aliphatic heterocycles. The summed E-state index contributed by atoms with van der Waals surface area (Å²) in [6, 6.07) is 5.85. The first kappa shape index (κ1) is 15.7. The van der Waals surface area contributed by atoms with E-state index in [1.807, 2.05) is 0 Å². The summed E-state index contributed by atoms with van der Waals surface area (Å²) in [7, 11) is 0. The fraction of sp³-hybridized carbons (Fsp3) is 0.333. The van der Waals surface area contributed by atoms with Crippen LogP contribution in [-0.4, -0.2) is 23.0 Å². The van der Waals surface area contributed by atoms with Gasteiger partial charge >= 0.3 is 5.97 Å². The Morgan fingerprint density at radius 3 is 2.40 bits per heavy atom. The van der Waals surface area contributed by atoms with E-state index in [-0.39, 0.29) is 12.3 Å². The Labute approximate surface area is 118 Å².